The van der Waals surface area contributed by atoms with Gasteiger partial charge < -0.3 is 10.6 Å². The molecule has 1 aromatic carbocycles. The molecule has 0 saturated carbocycles. The molecule has 8 nitrogen and oxygen atoms in total. The molecule has 0 aliphatic carbocycles. The summed E-state index contributed by atoms with van der Waals surface area (Å²) in [4.78, 5) is 50.0. The number of carbonyl (C=O) groups is 4. The molecule has 146 valence electrons. The molecule has 27 heavy (non-hydrogen) atoms. The number of imide groups is 2. The molecule has 0 bridgehead atoms. The van der Waals surface area contributed by atoms with E-state index in [2.05, 4.69) is 16.0 Å². The van der Waals surface area contributed by atoms with Crippen LogP contribution in [-0.2, 0) is 15.1 Å². The highest BCUT2D eigenvalue weighted by molar-refractivity contribution is 6.10. The summed E-state index contributed by atoms with van der Waals surface area (Å²) in [5, 5.41) is 7.44. The van der Waals surface area contributed by atoms with Crippen molar-refractivity contribution < 1.29 is 19.2 Å². The quantitative estimate of drug-likeness (QED) is 0.660. The van der Waals surface area contributed by atoms with Crippen LogP contribution < -0.4 is 16.0 Å². The summed E-state index contributed by atoms with van der Waals surface area (Å²) in [5.41, 5.74) is 0.487. The Kier molecular flexibility index (Phi) is 6.20. The molecule has 1 aromatic rings. The molecular formula is C19H26N4O4. The molecule has 1 saturated heterocycles. The number of nitrogens with one attached hydrogen (secondary N) is 3. The van der Waals surface area contributed by atoms with E-state index in [9.17, 15) is 19.2 Å². The zero-order valence-electron chi connectivity index (χ0n) is 16.1. The normalized spacial score (nSPS) is 20.2. The number of urea groups is 2. The Morgan fingerprint density at radius 1 is 1.19 bits per heavy atom. The van der Waals surface area contributed by atoms with Crippen molar-refractivity contribution in [1.82, 2.24) is 20.9 Å². The Morgan fingerprint density at radius 2 is 1.81 bits per heavy atom. The van der Waals surface area contributed by atoms with E-state index in [-0.39, 0.29) is 6.04 Å². The number of nitrogens with zero attached hydrogens (tertiary/aromatic N) is 1. The minimum Gasteiger partial charge on any atom is -0.335 e. The molecule has 1 aliphatic heterocycles. The van der Waals surface area contributed by atoms with Crippen LogP contribution in [0.1, 0.15) is 44.7 Å². The average molecular weight is 374 g/mol. The number of aryl methyl sites for hydroxylation is 1. The van der Waals surface area contributed by atoms with Crippen molar-refractivity contribution in [1.29, 1.82) is 0 Å². The van der Waals surface area contributed by atoms with Crippen LogP contribution in [0.4, 0.5) is 9.59 Å². The van der Waals surface area contributed by atoms with Crippen LogP contribution in [-0.4, -0.2) is 41.4 Å². The number of benzene rings is 1. The van der Waals surface area contributed by atoms with E-state index in [1.807, 2.05) is 26.0 Å². The molecule has 8 heteroatoms. The van der Waals surface area contributed by atoms with Gasteiger partial charge >= 0.3 is 12.1 Å². The summed E-state index contributed by atoms with van der Waals surface area (Å²) in [5.74, 6) is -1.23. The van der Waals surface area contributed by atoms with Crippen LogP contribution in [0.5, 0.6) is 0 Å². The molecule has 6 amide bonds. The van der Waals surface area contributed by atoms with Crippen LogP contribution in [0.2, 0.25) is 0 Å². The van der Waals surface area contributed by atoms with Gasteiger partial charge in [0, 0.05) is 6.04 Å². The van der Waals surface area contributed by atoms with Gasteiger partial charge in [0.2, 0.25) is 5.91 Å². The van der Waals surface area contributed by atoms with Gasteiger partial charge in [-0.3, -0.25) is 19.8 Å². The van der Waals surface area contributed by atoms with Crippen molar-refractivity contribution >= 4 is 23.9 Å². The van der Waals surface area contributed by atoms with Crippen LogP contribution >= 0.6 is 0 Å². The van der Waals surface area contributed by atoms with E-state index in [1.165, 1.54) is 0 Å². The Labute approximate surface area is 158 Å². The summed E-state index contributed by atoms with van der Waals surface area (Å²) in [6, 6.07) is 5.91. The highest BCUT2D eigenvalue weighted by Gasteiger charge is 2.51. The van der Waals surface area contributed by atoms with Gasteiger partial charge in [0.25, 0.3) is 5.91 Å². The van der Waals surface area contributed by atoms with Crippen LogP contribution in [0.25, 0.3) is 0 Å². The summed E-state index contributed by atoms with van der Waals surface area (Å²) < 4.78 is 0. The van der Waals surface area contributed by atoms with Crippen LogP contribution in [0.3, 0.4) is 0 Å². The van der Waals surface area contributed by atoms with E-state index < -0.39 is 36.0 Å². The standard InChI is InChI=1S/C19H26N4O4/c1-5-13(4)20-17(26)21-15(24)11-23-16(25)19(6-2,22-18(23)27)14-9-7-12(3)8-10-14/h7-10,13H,5-6,11H2,1-4H3,(H,22,27)(H2,20,21,24,26)/t13-,19+/m0/s1. The first-order chi connectivity index (χ1) is 12.7. The van der Waals surface area contributed by atoms with Gasteiger partial charge in [0.1, 0.15) is 12.1 Å². The minimum atomic E-state index is -1.20. The molecule has 2 atom stereocenters. The van der Waals surface area contributed by atoms with E-state index in [1.54, 1.807) is 26.0 Å². The summed E-state index contributed by atoms with van der Waals surface area (Å²) in [7, 11) is 0. The van der Waals surface area contributed by atoms with Crippen molar-refractivity contribution in [3.8, 4) is 0 Å². The number of hydrogen-bond donors (Lipinski definition) is 3. The lowest BCUT2D eigenvalue weighted by molar-refractivity contribution is -0.135. The van der Waals surface area contributed by atoms with E-state index in [0.29, 0.717) is 18.4 Å². The predicted molar refractivity (Wildman–Crippen MR) is 99.8 cm³/mol. The van der Waals surface area contributed by atoms with Crippen LogP contribution in [0, 0.1) is 6.92 Å². The monoisotopic (exact) mass is 374 g/mol. The van der Waals surface area contributed by atoms with Crippen molar-refractivity contribution in [2.24, 2.45) is 0 Å². The fourth-order valence-corrected chi connectivity index (χ4v) is 2.92. The summed E-state index contributed by atoms with van der Waals surface area (Å²) in [6.45, 7) is 6.90. The van der Waals surface area contributed by atoms with Gasteiger partial charge in [-0.2, -0.15) is 0 Å². The first-order valence-electron chi connectivity index (χ1n) is 9.05. The van der Waals surface area contributed by atoms with Gasteiger partial charge in [0.15, 0.2) is 0 Å². The maximum absolute atomic E-state index is 13.0. The third-order valence-corrected chi connectivity index (χ3v) is 4.79. The fraction of sp³-hybridized carbons (Fsp3) is 0.474. The Morgan fingerprint density at radius 3 is 2.37 bits per heavy atom. The van der Waals surface area contributed by atoms with E-state index >= 15 is 0 Å². The SMILES string of the molecule is CC[C@H](C)NC(=O)NC(=O)CN1C(=O)N[C@](CC)(c2ccc(C)cc2)C1=O. The largest absolute Gasteiger partial charge is 0.335 e. The highest BCUT2D eigenvalue weighted by Crippen LogP contribution is 2.32. The lowest BCUT2D eigenvalue weighted by Gasteiger charge is -2.25. The second-order valence-corrected chi connectivity index (χ2v) is 6.78. The molecule has 1 fully saturated rings. The lowest BCUT2D eigenvalue weighted by atomic mass is 9.87. The van der Waals surface area contributed by atoms with Gasteiger partial charge in [-0.1, -0.05) is 43.7 Å². The van der Waals surface area contributed by atoms with Crippen molar-refractivity contribution in [3.05, 3.63) is 35.4 Å². The summed E-state index contributed by atoms with van der Waals surface area (Å²) >= 11 is 0. The van der Waals surface area contributed by atoms with Crippen molar-refractivity contribution in [3.63, 3.8) is 0 Å². The summed E-state index contributed by atoms with van der Waals surface area (Å²) in [6.07, 6.45) is 1.05. The highest BCUT2D eigenvalue weighted by atomic mass is 16.2. The van der Waals surface area contributed by atoms with Gasteiger partial charge in [0.05, 0.1) is 0 Å². The van der Waals surface area contributed by atoms with Crippen molar-refractivity contribution in [2.45, 2.75) is 52.1 Å². The zero-order chi connectivity index (χ0) is 20.2. The average Bonchev–Trinajstić information content (AvgIpc) is 2.87. The zero-order valence-corrected chi connectivity index (χ0v) is 16.1. The molecule has 1 heterocycles. The smallest absolute Gasteiger partial charge is 0.325 e. The molecule has 0 radical (unpaired) electrons. The third kappa shape index (κ3) is 4.27. The van der Waals surface area contributed by atoms with Gasteiger partial charge in [-0.05, 0) is 32.3 Å². The first-order valence-corrected chi connectivity index (χ1v) is 9.05. The second-order valence-electron chi connectivity index (χ2n) is 6.78. The molecule has 0 aromatic heterocycles. The Hall–Kier alpha value is -2.90. The van der Waals surface area contributed by atoms with Gasteiger partial charge in [-0.25, -0.2) is 9.59 Å². The van der Waals surface area contributed by atoms with Crippen LogP contribution in [0.15, 0.2) is 24.3 Å². The molecule has 2 rings (SSSR count). The van der Waals surface area contributed by atoms with E-state index in [4.69, 9.17) is 0 Å². The number of hydrogen-bond acceptors (Lipinski definition) is 4. The number of carbonyl (C=O) groups excluding carboxylic acids is 4. The third-order valence-electron chi connectivity index (χ3n) is 4.79. The fourth-order valence-electron chi connectivity index (χ4n) is 2.92. The number of rotatable bonds is 6. The predicted octanol–water partition coefficient (Wildman–Crippen LogP) is 1.78. The Balaban J connectivity index is 2.11. The molecule has 1 aliphatic rings. The molecule has 0 spiro atoms. The van der Waals surface area contributed by atoms with Crippen molar-refractivity contribution in [2.75, 3.05) is 6.54 Å². The number of amides is 6. The maximum atomic E-state index is 13.0. The molecule has 3 N–H and O–H groups in total. The van der Waals surface area contributed by atoms with E-state index in [0.717, 1.165) is 10.5 Å². The van der Waals surface area contributed by atoms with Gasteiger partial charge in [-0.15, -0.1) is 0 Å². The first kappa shape index (κ1) is 20.4. The minimum absolute atomic E-state index is 0.0937. The maximum Gasteiger partial charge on any atom is 0.325 e. The Bertz CT molecular complexity index is 747. The topological polar surface area (TPSA) is 108 Å². The second kappa shape index (κ2) is 8.20. The molecule has 0 unspecified atom stereocenters. The lowest BCUT2D eigenvalue weighted by Crippen LogP contribution is -2.48. The molecular weight excluding hydrogens is 348 g/mol.